The van der Waals surface area contributed by atoms with Crippen LogP contribution in [0.3, 0.4) is 0 Å². The predicted molar refractivity (Wildman–Crippen MR) is 234 cm³/mol. The first-order valence-corrected chi connectivity index (χ1v) is 22.8. The van der Waals surface area contributed by atoms with Gasteiger partial charge in [-0.05, 0) is 77.0 Å². The first-order chi connectivity index (χ1) is 28.1. The maximum absolute atomic E-state index is 12.6. The first-order valence-electron chi connectivity index (χ1n) is 21.3. The van der Waals surface area contributed by atoms with Gasteiger partial charge in [-0.2, -0.15) is 0 Å². The minimum atomic E-state index is -4.66. The highest BCUT2D eigenvalue weighted by Gasteiger charge is 2.27. The van der Waals surface area contributed by atoms with Crippen molar-refractivity contribution < 1.29 is 52.9 Å². The molecule has 0 spiro atoms. The molecule has 0 heterocycles. The molecule has 0 fully saturated rings. The molecule has 0 aliphatic carbocycles. The smallest absolute Gasteiger partial charge is 0.462 e. The second-order valence-corrected chi connectivity index (χ2v) is 15.3. The highest BCUT2D eigenvalue weighted by Crippen LogP contribution is 2.43. The lowest BCUT2D eigenvalue weighted by atomic mass is 10.1. The normalized spacial score (nSPS) is 15.3. The maximum atomic E-state index is 12.6. The van der Waals surface area contributed by atoms with Crippen LogP contribution in [-0.4, -0.2) is 76.9 Å². The van der Waals surface area contributed by atoms with Gasteiger partial charge >= 0.3 is 19.8 Å². The Kier molecular flexibility index (Phi) is 38.4. The van der Waals surface area contributed by atoms with Gasteiger partial charge in [-0.25, -0.2) is 4.57 Å². The Balaban J connectivity index is 4.47. The molecule has 0 aromatic carbocycles. The predicted octanol–water partition coefficient (Wildman–Crippen LogP) is 10.2. The molecule has 0 aromatic rings. The summed E-state index contributed by atoms with van der Waals surface area (Å²) in [5, 5.41) is 28.5. The number of aliphatic hydroxyl groups is 3. The molecule has 0 rings (SSSR count). The second kappa shape index (κ2) is 40.6. The molecule has 2 unspecified atom stereocenters. The van der Waals surface area contributed by atoms with Gasteiger partial charge in [-0.15, -0.1) is 0 Å². The third-order valence-electron chi connectivity index (χ3n) is 8.34. The topological polar surface area (TPSA) is 169 Å². The van der Waals surface area contributed by atoms with E-state index in [0.29, 0.717) is 19.3 Å². The van der Waals surface area contributed by atoms with Crippen LogP contribution < -0.4 is 0 Å². The van der Waals surface area contributed by atoms with Crippen molar-refractivity contribution in [2.24, 2.45) is 0 Å². The molecule has 330 valence electrons. The van der Waals surface area contributed by atoms with Crippen LogP contribution in [0.15, 0.2) is 97.2 Å². The molecule has 4 atom stereocenters. The third kappa shape index (κ3) is 39.7. The van der Waals surface area contributed by atoms with Crippen molar-refractivity contribution in [1.82, 2.24) is 0 Å². The maximum Gasteiger partial charge on any atom is 0.472 e. The van der Waals surface area contributed by atoms with Crippen LogP contribution in [0.4, 0.5) is 0 Å². The number of allylic oxidation sites excluding steroid dienone is 15. The summed E-state index contributed by atoms with van der Waals surface area (Å²) in [7, 11) is -4.66. The summed E-state index contributed by atoms with van der Waals surface area (Å²) >= 11 is 0. The molecule has 58 heavy (non-hydrogen) atoms. The number of ether oxygens (including phenoxy) is 2. The summed E-state index contributed by atoms with van der Waals surface area (Å²) in [6.07, 6.45) is 45.3. The fourth-order valence-corrected chi connectivity index (χ4v) is 5.87. The number of unbranched alkanes of at least 4 members (excludes halogenated alkanes) is 7. The number of phosphoric ester groups is 1. The summed E-state index contributed by atoms with van der Waals surface area (Å²) in [5.74, 6) is -1.05. The zero-order chi connectivity index (χ0) is 42.8. The molecule has 12 heteroatoms. The summed E-state index contributed by atoms with van der Waals surface area (Å²) < 4.78 is 32.6. The number of hydrogen-bond donors (Lipinski definition) is 4. The quantitative estimate of drug-likeness (QED) is 0.0154. The molecule has 0 saturated carbocycles. The monoisotopic (exact) mass is 835 g/mol. The van der Waals surface area contributed by atoms with E-state index in [1.165, 1.54) is 0 Å². The number of carbonyl (C=O) groups is 2. The average Bonchev–Trinajstić information content (AvgIpc) is 3.21. The molecule has 0 amide bonds. The molecule has 0 bridgehead atoms. The Hall–Kier alpha value is -3.15. The first kappa shape index (κ1) is 54.9. The van der Waals surface area contributed by atoms with E-state index in [4.69, 9.17) is 19.1 Å². The van der Waals surface area contributed by atoms with Gasteiger partial charge in [0.05, 0.1) is 25.9 Å². The van der Waals surface area contributed by atoms with Crippen molar-refractivity contribution in [2.75, 3.05) is 26.4 Å². The third-order valence-corrected chi connectivity index (χ3v) is 9.29. The number of phosphoric acid groups is 1. The van der Waals surface area contributed by atoms with Gasteiger partial charge in [0.15, 0.2) is 6.10 Å². The number of carbonyl (C=O) groups excluding carboxylic acids is 2. The number of aliphatic hydroxyl groups excluding tert-OH is 3. The largest absolute Gasteiger partial charge is 0.472 e. The summed E-state index contributed by atoms with van der Waals surface area (Å²) in [6, 6.07) is 0. The summed E-state index contributed by atoms with van der Waals surface area (Å²) in [4.78, 5) is 35.0. The van der Waals surface area contributed by atoms with Crippen LogP contribution in [0, 0.1) is 0 Å². The summed E-state index contributed by atoms with van der Waals surface area (Å²) in [5.41, 5.74) is 0. The second-order valence-electron chi connectivity index (χ2n) is 13.8. The van der Waals surface area contributed by atoms with E-state index >= 15 is 0 Å². The van der Waals surface area contributed by atoms with Crippen molar-refractivity contribution in [2.45, 2.75) is 154 Å². The molecule has 0 aromatic heterocycles. The molecule has 0 aliphatic heterocycles. The fraction of sp³-hybridized carbons (Fsp3) is 0.609. The van der Waals surface area contributed by atoms with Crippen LogP contribution in [0.1, 0.15) is 136 Å². The van der Waals surface area contributed by atoms with Gasteiger partial charge < -0.3 is 29.7 Å². The van der Waals surface area contributed by atoms with Crippen LogP contribution in [0.2, 0.25) is 0 Å². The molecule has 0 radical (unpaired) electrons. The Morgan fingerprint density at radius 3 is 1.69 bits per heavy atom. The van der Waals surface area contributed by atoms with Crippen molar-refractivity contribution in [1.29, 1.82) is 0 Å². The average molecular weight is 835 g/mol. The van der Waals surface area contributed by atoms with E-state index in [0.717, 1.165) is 89.9 Å². The summed E-state index contributed by atoms with van der Waals surface area (Å²) in [6.45, 7) is 1.95. The van der Waals surface area contributed by atoms with E-state index < -0.39 is 57.9 Å². The number of hydrogen-bond acceptors (Lipinski definition) is 10. The lowest BCUT2D eigenvalue weighted by Crippen LogP contribution is -2.29. The highest BCUT2D eigenvalue weighted by molar-refractivity contribution is 7.47. The van der Waals surface area contributed by atoms with Crippen molar-refractivity contribution in [3.05, 3.63) is 97.2 Å². The van der Waals surface area contributed by atoms with Crippen molar-refractivity contribution in [3.8, 4) is 0 Å². The number of rotatable bonds is 38. The van der Waals surface area contributed by atoms with E-state index in [-0.39, 0.29) is 19.4 Å². The molecule has 0 saturated heterocycles. The van der Waals surface area contributed by atoms with Gasteiger partial charge in [0.1, 0.15) is 12.7 Å². The van der Waals surface area contributed by atoms with E-state index in [9.17, 15) is 29.3 Å². The Bertz CT molecular complexity index is 1300. The molecular formula is C46H75O11P. The zero-order valence-electron chi connectivity index (χ0n) is 35.3. The molecule has 0 aliphatic rings. The van der Waals surface area contributed by atoms with Crippen LogP contribution >= 0.6 is 7.82 Å². The minimum Gasteiger partial charge on any atom is -0.462 e. The van der Waals surface area contributed by atoms with Gasteiger partial charge in [0, 0.05) is 12.8 Å². The van der Waals surface area contributed by atoms with E-state index in [1.807, 2.05) is 18.2 Å². The van der Waals surface area contributed by atoms with Gasteiger partial charge in [-0.3, -0.25) is 18.6 Å². The van der Waals surface area contributed by atoms with Gasteiger partial charge in [-0.1, -0.05) is 143 Å². The van der Waals surface area contributed by atoms with E-state index in [2.05, 4.69) is 91.3 Å². The lowest BCUT2D eigenvalue weighted by Gasteiger charge is -2.20. The molecule has 11 nitrogen and oxygen atoms in total. The van der Waals surface area contributed by atoms with Crippen LogP contribution in [0.25, 0.3) is 0 Å². The molecular weight excluding hydrogens is 759 g/mol. The lowest BCUT2D eigenvalue weighted by molar-refractivity contribution is -0.161. The Morgan fingerprint density at radius 2 is 1.09 bits per heavy atom. The standard InChI is InChI=1S/C46H75O11P/c1-3-5-7-9-11-12-13-14-15-16-17-18-19-20-21-22-24-28-32-36-45(50)54-40-44(41-56-58(52,53)55-39-43(49)38-47)57-46(51)37-33-29-25-27-31-35-42(48)34-30-26-23-10-8-6-4-2/h5-8,11-12,14-15,17-18,20-21,23,26,30,34,42-44,47-49H,3-4,9-10,13,16,19,22,24-25,27-29,31-33,35-41H2,1-2H3,(H,52,53)/b7-5-,8-6+,12-11-,15-14-,18-17-,21-20-,26-23+,34-30+/t42?,43-,44+/m0/s1. The Morgan fingerprint density at radius 1 is 0.586 bits per heavy atom. The minimum absolute atomic E-state index is 0.101. The number of esters is 2. The Labute approximate surface area is 349 Å². The van der Waals surface area contributed by atoms with Crippen molar-refractivity contribution in [3.63, 3.8) is 0 Å². The van der Waals surface area contributed by atoms with Gasteiger partial charge in [0.2, 0.25) is 0 Å². The van der Waals surface area contributed by atoms with Crippen LogP contribution in [-0.2, 0) is 32.7 Å². The van der Waals surface area contributed by atoms with Crippen molar-refractivity contribution >= 4 is 19.8 Å². The zero-order valence-corrected chi connectivity index (χ0v) is 36.2. The van der Waals surface area contributed by atoms with Gasteiger partial charge in [0.25, 0.3) is 0 Å². The van der Waals surface area contributed by atoms with Crippen LogP contribution in [0.5, 0.6) is 0 Å². The highest BCUT2D eigenvalue weighted by atomic mass is 31.2. The van der Waals surface area contributed by atoms with E-state index in [1.54, 1.807) is 6.08 Å². The fourth-order valence-electron chi connectivity index (χ4n) is 5.08. The SMILES string of the molecule is CC/C=C\C/C=C\C/C=C\C/C=C\C/C=C\CCCCCC(=O)OC[C@H](COP(=O)(O)OC[C@@H](O)CO)OC(=O)CCCCCCCC(O)/C=C/C=C/C/C=C/CC. The molecule has 4 N–H and O–H groups in total.